The average molecular weight is 393 g/mol. The molecule has 0 heterocycles. The minimum atomic E-state index is -4.48. The van der Waals surface area contributed by atoms with Crippen molar-refractivity contribution in [3.8, 4) is 5.75 Å². The van der Waals surface area contributed by atoms with Gasteiger partial charge in [-0.2, -0.15) is 8.42 Å². The molecular formula is C22H32O4S. The summed E-state index contributed by atoms with van der Waals surface area (Å²) in [5.41, 5.74) is 0.584. The lowest BCUT2D eigenvalue weighted by molar-refractivity contribution is 0.439. The van der Waals surface area contributed by atoms with Crippen LogP contribution in [0.3, 0.4) is 0 Å². The van der Waals surface area contributed by atoms with Crippen molar-refractivity contribution >= 4 is 20.9 Å². The van der Waals surface area contributed by atoms with Gasteiger partial charge in [0.2, 0.25) is 0 Å². The maximum absolute atomic E-state index is 11.8. The molecule has 0 aliphatic heterocycles. The second-order valence-corrected chi connectivity index (χ2v) is 8.70. The Labute approximate surface area is 163 Å². The van der Waals surface area contributed by atoms with Crippen molar-refractivity contribution in [1.29, 1.82) is 0 Å². The average Bonchev–Trinajstić information content (AvgIpc) is 2.62. The van der Waals surface area contributed by atoms with E-state index in [4.69, 9.17) is 0 Å². The van der Waals surface area contributed by atoms with E-state index >= 15 is 0 Å². The van der Waals surface area contributed by atoms with Gasteiger partial charge in [-0.1, -0.05) is 89.0 Å². The van der Waals surface area contributed by atoms with E-state index in [1.54, 1.807) is 18.2 Å². The standard InChI is InChI=1S/C22H32O4S/c1-2-3-4-5-6-7-8-9-10-11-15-19-17-18-14-12-13-16-20(18)22(21(19)23)27(24,25)26/h12-14,16-17,23H,2-11,15H2,1H3,(H,24,25,26). The van der Waals surface area contributed by atoms with Gasteiger partial charge in [0.15, 0.2) is 0 Å². The van der Waals surface area contributed by atoms with E-state index in [1.165, 1.54) is 44.9 Å². The molecule has 0 atom stereocenters. The summed E-state index contributed by atoms with van der Waals surface area (Å²) < 4.78 is 33.1. The van der Waals surface area contributed by atoms with Crippen LogP contribution in [-0.2, 0) is 16.5 Å². The van der Waals surface area contributed by atoms with Crippen molar-refractivity contribution in [2.45, 2.75) is 82.4 Å². The Balaban J connectivity index is 1.89. The van der Waals surface area contributed by atoms with Crippen LogP contribution >= 0.6 is 0 Å². The predicted molar refractivity (Wildman–Crippen MR) is 111 cm³/mol. The summed E-state index contributed by atoms with van der Waals surface area (Å²) in [6.45, 7) is 2.23. The highest BCUT2D eigenvalue weighted by molar-refractivity contribution is 7.86. The van der Waals surface area contributed by atoms with Gasteiger partial charge in [0.1, 0.15) is 10.6 Å². The van der Waals surface area contributed by atoms with Crippen molar-refractivity contribution in [2.75, 3.05) is 0 Å². The second-order valence-electron chi connectivity index (χ2n) is 7.34. The van der Waals surface area contributed by atoms with Crippen LogP contribution < -0.4 is 0 Å². The zero-order valence-corrected chi connectivity index (χ0v) is 17.1. The minimum absolute atomic E-state index is 0.313. The summed E-state index contributed by atoms with van der Waals surface area (Å²) in [5.74, 6) is -0.313. The summed E-state index contributed by atoms with van der Waals surface area (Å²) in [6, 6.07) is 8.73. The summed E-state index contributed by atoms with van der Waals surface area (Å²) in [5, 5.41) is 11.5. The number of hydrogen-bond acceptors (Lipinski definition) is 3. The number of rotatable bonds is 12. The van der Waals surface area contributed by atoms with E-state index in [9.17, 15) is 18.1 Å². The van der Waals surface area contributed by atoms with Crippen molar-refractivity contribution in [1.82, 2.24) is 0 Å². The van der Waals surface area contributed by atoms with E-state index < -0.39 is 10.1 Å². The zero-order chi connectivity index (χ0) is 19.7. The minimum Gasteiger partial charge on any atom is -0.506 e. The van der Waals surface area contributed by atoms with E-state index in [1.807, 2.05) is 12.1 Å². The third kappa shape index (κ3) is 6.51. The van der Waals surface area contributed by atoms with E-state index in [0.29, 0.717) is 22.8 Å². The molecule has 0 saturated heterocycles. The van der Waals surface area contributed by atoms with Crippen LogP contribution in [0, 0.1) is 0 Å². The molecule has 2 aromatic rings. The molecule has 0 amide bonds. The van der Waals surface area contributed by atoms with Gasteiger partial charge in [-0.3, -0.25) is 4.55 Å². The number of aryl methyl sites for hydroxylation is 1. The third-order valence-electron chi connectivity index (χ3n) is 5.11. The first-order chi connectivity index (χ1) is 12.9. The molecule has 0 radical (unpaired) electrons. The van der Waals surface area contributed by atoms with Gasteiger partial charge in [0, 0.05) is 5.39 Å². The van der Waals surface area contributed by atoms with Crippen molar-refractivity contribution in [2.24, 2.45) is 0 Å². The lowest BCUT2D eigenvalue weighted by Crippen LogP contribution is -2.02. The van der Waals surface area contributed by atoms with Gasteiger partial charge in [-0.25, -0.2) is 0 Å². The van der Waals surface area contributed by atoms with Gasteiger partial charge in [0.25, 0.3) is 10.1 Å². The van der Waals surface area contributed by atoms with E-state index in [2.05, 4.69) is 6.92 Å². The fraction of sp³-hybridized carbons (Fsp3) is 0.545. The molecule has 27 heavy (non-hydrogen) atoms. The second kappa shape index (κ2) is 10.7. The van der Waals surface area contributed by atoms with Gasteiger partial charge in [-0.05, 0) is 29.9 Å². The molecule has 0 aromatic heterocycles. The summed E-state index contributed by atoms with van der Waals surface area (Å²) in [6.07, 6.45) is 12.8. The van der Waals surface area contributed by atoms with Crippen LogP contribution in [0.2, 0.25) is 0 Å². The Bertz CT molecular complexity index is 828. The van der Waals surface area contributed by atoms with Crippen molar-refractivity contribution in [3.63, 3.8) is 0 Å². The number of benzene rings is 2. The van der Waals surface area contributed by atoms with Gasteiger partial charge < -0.3 is 5.11 Å². The molecule has 150 valence electrons. The Morgan fingerprint density at radius 2 is 1.41 bits per heavy atom. The zero-order valence-electron chi connectivity index (χ0n) is 16.3. The monoisotopic (exact) mass is 392 g/mol. The first-order valence-corrected chi connectivity index (χ1v) is 11.6. The first-order valence-electron chi connectivity index (χ1n) is 10.2. The molecule has 2 aromatic carbocycles. The Kier molecular flexibility index (Phi) is 8.58. The summed E-state index contributed by atoms with van der Waals surface area (Å²) in [7, 11) is -4.48. The summed E-state index contributed by atoms with van der Waals surface area (Å²) >= 11 is 0. The van der Waals surface area contributed by atoms with Crippen LogP contribution in [0.25, 0.3) is 10.8 Å². The molecule has 0 fully saturated rings. The predicted octanol–water partition coefficient (Wildman–Crippen LogP) is 6.26. The fourth-order valence-electron chi connectivity index (χ4n) is 3.61. The molecule has 0 aliphatic carbocycles. The normalized spacial score (nSPS) is 11.9. The van der Waals surface area contributed by atoms with E-state index in [-0.39, 0.29) is 10.6 Å². The van der Waals surface area contributed by atoms with Crippen LogP contribution in [-0.4, -0.2) is 18.1 Å². The molecule has 0 aliphatic rings. The number of phenols is 1. The van der Waals surface area contributed by atoms with Gasteiger partial charge >= 0.3 is 0 Å². The van der Waals surface area contributed by atoms with Crippen LogP contribution in [0.5, 0.6) is 5.75 Å². The molecule has 0 saturated carbocycles. The smallest absolute Gasteiger partial charge is 0.298 e. The quantitative estimate of drug-likeness (QED) is 0.330. The number of aromatic hydroxyl groups is 1. The molecule has 0 unspecified atom stereocenters. The largest absolute Gasteiger partial charge is 0.506 e. The molecule has 5 heteroatoms. The lowest BCUT2D eigenvalue weighted by atomic mass is 10.00. The molecule has 2 N–H and O–H groups in total. The maximum atomic E-state index is 11.8. The third-order valence-corrected chi connectivity index (χ3v) is 6.04. The fourth-order valence-corrected chi connectivity index (χ4v) is 4.45. The summed E-state index contributed by atoms with van der Waals surface area (Å²) in [4.78, 5) is -0.373. The van der Waals surface area contributed by atoms with Gasteiger partial charge in [0.05, 0.1) is 0 Å². The van der Waals surface area contributed by atoms with Crippen LogP contribution in [0.15, 0.2) is 35.2 Å². The Morgan fingerprint density at radius 1 is 0.852 bits per heavy atom. The van der Waals surface area contributed by atoms with Crippen LogP contribution in [0.4, 0.5) is 0 Å². The molecule has 4 nitrogen and oxygen atoms in total. The van der Waals surface area contributed by atoms with Crippen LogP contribution in [0.1, 0.15) is 76.7 Å². The van der Waals surface area contributed by atoms with E-state index in [0.717, 1.165) is 19.3 Å². The number of phenolic OH excluding ortho intramolecular Hbond substituents is 1. The Morgan fingerprint density at radius 3 is 2.00 bits per heavy atom. The molecule has 0 bridgehead atoms. The number of hydrogen-bond donors (Lipinski definition) is 2. The number of fused-ring (bicyclic) bond motifs is 1. The number of unbranched alkanes of at least 4 members (excludes halogenated alkanes) is 9. The molecule has 0 spiro atoms. The highest BCUT2D eigenvalue weighted by Gasteiger charge is 2.22. The molecule has 2 rings (SSSR count). The first kappa shape index (κ1) is 21.7. The highest BCUT2D eigenvalue weighted by atomic mass is 32.2. The lowest BCUT2D eigenvalue weighted by Gasteiger charge is -2.12. The topological polar surface area (TPSA) is 74.6 Å². The SMILES string of the molecule is CCCCCCCCCCCCc1cc2ccccc2c(S(=O)(=O)O)c1O. The van der Waals surface area contributed by atoms with Crippen molar-refractivity contribution in [3.05, 3.63) is 35.9 Å². The molecular weight excluding hydrogens is 360 g/mol. The van der Waals surface area contributed by atoms with Gasteiger partial charge in [-0.15, -0.1) is 0 Å². The highest BCUT2D eigenvalue weighted by Crippen LogP contribution is 2.35. The van der Waals surface area contributed by atoms with Crippen molar-refractivity contribution < 1.29 is 18.1 Å². The maximum Gasteiger partial charge on any atom is 0.298 e. The Hall–Kier alpha value is -1.59.